The molecule has 1 unspecified atom stereocenters. The third-order valence-electron chi connectivity index (χ3n) is 2.50. The van der Waals surface area contributed by atoms with Crippen molar-refractivity contribution in [3.63, 3.8) is 0 Å². The molecule has 1 aromatic rings. The van der Waals surface area contributed by atoms with Gasteiger partial charge in [-0.15, -0.1) is 0 Å². The second-order valence-corrected chi connectivity index (χ2v) is 4.50. The minimum Gasteiger partial charge on any atom is -0.506 e. The Morgan fingerprint density at radius 2 is 2.29 bits per heavy atom. The summed E-state index contributed by atoms with van der Waals surface area (Å²) in [5.41, 5.74) is 6.05. The molecule has 1 rings (SSSR count). The van der Waals surface area contributed by atoms with Crippen LogP contribution < -0.4 is 11.1 Å². The molecule has 0 aliphatic rings. The number of benzene rings is 1. The molecule has 0 saturated heterocycles. The van der Waals surface area contributed by atoms with E-state index in [0.29, 0.717) is 24.6 Å². The van der Waals surface area contributed by atoms with Gasteiger partial charge < -0.3 is 16.2 Å². The van der Waals surface area contributed by atoms with Gasteiger partial charge in [-0.3, -0.25) is 4.79 Å². The van der Waals surface area contributed by atoms with Crippen LogP contribution in [0, 0.1) is 5.92 Å². The first-order chi connectivity index (χ1) is 8.02. The molecule has 4 N–H and O–H groups in total. The fourth-order valence-corrected chi connectivity index (χ4v) is 1.48. The predicted octanol–water partition coefficient (Wildman–Crippen LogP) is 2.36. The van der Waals surface area contributed by atoms with Crippen molar-refractivity contribution in [1.82, 2.24) is 0 Å². The number of rotatable bonds is 5. The minimum atomic E-state index is -0.0768. The zero-order valence-electron chi connectivity index (χ0n) is 9.74. The summed E-state index contributed by atoms with van der Waals surface area (Å²) in [6.45, 7) is 2.59. The summed E-state index contributed by atoms with van der Waals surface area (Å²) in [5, 5.41) is 12.2. The van der Waals surface area contributed by atoms with Crippen LogP contribution in [-0.2, 0) is 4.79 Å². The highest BCUT2D eigenvalue weighted by molar-refractivity contribution is 6.32. The highest BCUT2D eigenvalue weighted by Crippen LogP contribution is 2.26. The van der Waals surface area contributed by atoms with Crippen molar-refractivity contribution >= 4 is 23.2 Å². The Morgan fingerprint density at radius 1 is 1.59 bits per heavy atom. The fraction of sp³-hybridized carbons (Fsp3) is 0.417. The maximum atomic E-state index is 11.6. The van der Waals surface area contributed by atoms with Crippen LogP contribution in [0.3, 0.4) is 0 Å². The Hall–Kier alpha value is -1.26. The number of aromatic hydroxyl groups is 1. The number of carbonyl (C=O) groups is 1. The van der Waals surface area contributed by atoms with E-state index in [2.05, 4.69) is 5.32 Å². The minimum absolute atomic E-state index is 0.00131. The lowest BCUT2D eigenvalue weighted by molar-refractivity contribution is -0.116. The van der Waals surface area contributed by atoms with Gasteiger partial charge in [0.15, 0.2) is 0 Å². The van der Waals surface area contributed by atoms with E-state index >= 15 is 0 Å². The summed E-state index contributed by atoms with van der Waals surface area (Å²) in [7, 11) is 0. The normalized spacial score (nSPS) is 12.2. The smallest absolute Gasteiger partial charge is 0.224 e. The fourth-order valence-electron chi connectivity index (χ4n) is 1.30. The molecule has 0 heterocycles. The van der Waals surface area contributed by atoms with Crippen LogP contribution in [0.15, 0.2) is 18.2 Å². The molecule has 0 saturated carbocycles. The number of nitrogens with two attached hydrogens (primary N) is 1. The first kappa shape index (κ1) is 13.8. The monoisotopic (exact) mass is 256 g/mol. The van der Waals surface area contributed by atoms with Crippen LogP contribution in [-0.4, -0.2) is 17.6 Å². The lowest BCUT2D eigenvalue weighted by atomic mass is 10.1. The third kappa shape index (κ3) is 4.63. The quantitative estimate of drug-likeness (QED) is 0.708. The molecule has 0 bridgehead atoms. The molecule has 94 valence electrons. The first-order valence-electron chi connectivity index (χ1n) is 5.51. The van der Waals surface area contributed by atoms with Gasteiger partial charge in [0.05, 0.1) is 5.02 Å². The Balaban J connectivity index is 2.48. The molecule has 1 atom stereocenters. The van der Waals surface area contributed by atoms with E-state index in [4.69, 9.17) is 17.3 Å². The van der Waals surface area contributed by atoms with E-state index in [-0.39, 0.29) is 16.7 Å². The molecule has 1 amide bonds. The lowest BCUT2D eigenvalue weighted by Gasteiger charge is -2.09. The average molecular weight is 257 g/mol. The van der Waals surface area contributed by atoms with Crippen molar-refractivity contribution in [2.24, 2.45) is 11.7 Å². The standard InChI is InChI=1S/C12H17ClN2O2/c1-8(7-14)2-5-12(17)15-9-3-4-11(16)10(13)6-9/h3-4,6,8,16H,2,5,7,14H2,1H3,(H,15,17). The second kappa shape index (κ2) is 6.47. The van der Waals surface area contributed by atoms with Crippen LogP contribution in [0.1, 0.15) is 19.8 Å². The van der Waals surface area contributed by atoms with Gasteiger partial charge in [-0.05, 0) is 37.1 Å². The van der Waals surface area contributed by atoms with Crippen molar-refractivity contribution in [3.8, 4) is 5.75 Å². The van der Waals surface area contributed by atoms with Crippen LogP contribution in [0.5, 0.6) is 5.75 Å². The van der Waals surface area contributed by atoms with Crippen LogP contribution in [0.4, 0.5) is 5.69 Å². The van der Waals surface area contributed by atoms with E-state index in [1.807, 2.05) is 6.92 Å². The maximum Gasteiger partial charge on any atom is 0.224 e. The number of carbonyl (C=O) groups excluding carboxylic acids is 1. The number of anilines is 1. The van der Waals surface area contributed by atoms with Crippen molar-refractivity contribution in [2.75, 3.05) is 11.9 Å². The molecular weight excluding hydrogens is 240 g/mol. The van der Waals surface area contributed by atoms with Gasteiger partial charge in [-0.1, -0.05) is 18.5 Å². The molecule has 0 radical (unpaired) electrons. The lowest BCUT2D eigenvalue weighted by Crippen LogP contribution is -2.16. The highest BCUT2D eigenvalue weighted by atomic mass is 35.5. The maximum absolute atomic E-state index is 11.6. The van der Waals surface area contributed by atoms with Gasteiger partial charge in [0.2, 0.25) is 5.91 Å². The first-order valence-corrected chi connectivity index (χ1v) is 5.89. The molecular formula is C12H17ClN2O2. The molecule has 4 nitrogen and oxygen atoms in total. The summed E-state index contributed by atoms with van der Waals surface area (Å²) in [6.07, 6.45) is 1.19. The zero-order chi connectivity index (χ0) is 12.8. The Labute approximate surface area is 106 Å². The number of halogens is 1. The van der Waals surface area contributed by atoms with E-state index in [1.54, 1.807) is 6.07 Å². The predicted molar refractivity (Wildman–Crippen MR) is 69.2 cm³/mol. The number of hydrogen-bond donors (Lipinski definition) is 3. The molecule has 0 aliphatic carbocycles. The second-order valence-electron chi connectivity index (χ2n) is 4.09. The number of phenolic OH excluding ortho intramolecular Hbond substituents is 1. The average Bonchev–Trinajstić information content (AvgIpc) is 2.31. The van der Waals surface area contributed by atoms with Gasteiger partial charge in [-0.2, -0.15) is 0 Å². The van der Waals surface area contributed by atoms with Gasteiger partial charge in [0.25, 0.3) is 0 Å². The number of nitrogens with one attached hydrogen (secondary N) is 1. The van der Waals surface area contributed by atoms with Gasteiger partial charge in [0, 0.05) is 12.1 Å². The molecule has 0 aliphatic heterocycles. The summed E-state index contributed by atoms with van der Waals surface area (Å²) < 4.78 is 0. The van der Waals surface area contributed by atoms with Crippen LogP contribution in [0.25, 0.3) is 0 Å². The van der Waals surface area contributed by atoms with E-state index in [9.17, 15) is 9.90 Å². The van der Waals surface area contributed by atoms with Gasteiger partial charge in [0.1, 0.15) is 5.75 Å². The summed E-state index contributed by atoms with van der Waals surface area (Å²) in [5.74, 6) is 0.262. The third-order valence-corrected chi connectivity index (χ3v) is 2.80. The van der Waals surface area contributed by atoms with E-state index in [0.717, 1.165) is 6.42 Å². The van der Waals surface area contributed by atoms with Crippen molar-refractivity contribution in [3.05, 3.63) is 23.2 Å². The Bertz CT molecular complexity index is 396. The van der Waals surface area contributed by atoms with Crippen molar-refractivity contribution in [1.29, 1.82) is 0 Å². The summed E-state index contributed by atoms with van der Waals surface area (Å²) >= 11 is 5.73. The topological polar surface area (TPSA) is 75.4 Å². The van der Waals surface area contributed by atoms with Crippen LogP contribution >= 0.6 is 11.6 Å². The molecule has 5 heteroatoms. The largest absolute Gasteiger partial charge is 0.506 e. The molecule has 0 spiro atoms. The SMILES string of the molecule is CC(CN)CCC(=O)Nc1ccc(O)c(Cl)c1. The van der Waals surface area contributed by atoms with Crippen molar-refractivity contribution < 1.29 is 9.90 Å². The van der Waals surface area contributed by atoms with E-state index in [1.165, 1.54) is 12.1 Å². The number of hydrogen-bond acceptors (Lipinski definition) is 3. The van der Waals surface area contributed by atoms with Gasteiger partial charge in [-0.25, -0.2) is 0 Å². The molecule has 1 aromatic carbocycles. The van der Waals surface area contributed by atoms with Crippen molar-refractivity contribution in [2.45, 2.75) is 19.8 Å². The van der Waals surface area contributed by atoms with E-state index < -0.39 is 0 Å². The summed E-state index contributed by atoms with van der Waals surface area (Å²) in [6, 6.07) is 4.56. The zero-order valence-corrected chi connectivity index (χ0v) is 10.5. The Kier molecular flexibility index (Phi) is 5.25. The van der Waals surface area contributed by atoms with Crippen LogP contribution in [0.2, 0.25) is 5.02 Å². The number of phenols is 1. The number of amides is 1. The molecule has 17 heavy (non-hydrogen) atoms. The molecule has 0 aromatic heterocycles. The highest BCUT2D eigenvalue weighted by Gasteiger charge is 2.07. The summed E-state index contributed by atoms with van der Waals surface area (Å²) in [4.78, 5) is 11.6. The Morgan fingerprint density at radius 3 is 2.88 bits per heavy atom. The van der Waals surface area contributed by atoms with Gasteiger partial charge >= 0.3 is 0 Å². The molecule has 0 fully saturated rings.